The van der Waals surface area contributed by atoms with Crippen molar-refractivity contribution >= 4 is 35.6 Å². The molecule has 1 saturated carbocycles. The summed E-state index contributed by atoms with van der Waals surface area (Å²) in [5, 5.41) is 15.4. The molecule has 0 amide bonds. The molecule has 9 heteroatoms. The summed E-state index contributed by atoms with van der Waals surface area (Å²) in [4.78, 5) is 4.79. The highest BCUT2D eigenvalue weighted by atomic mass is 127. The highest BCUT2D eigenvalue weighted by molar-refractivity contribution is 14.0. The van der Waals surface area contributed by atoms with E-state index < -0.39 is 0 Å². The normalized spacial score (nSPS) is 17.1. The lowest BCUT2D eigenvalue weighted by Gasteiger charge is -2.25. The second kappa shape index (κ2) is 10.8. The Labute approximate surface area is 194 Å². The minimum atomic E-state index is 0. The summed E-state index contributed by atoms with van der Waals surface area (Å²) in [7, 11) is 1.96. The lowest BCUT2D eigenvalue weighted by atomic mass is 9.96. The van der Waals surface area contributed by atoms with Crippen LogP contribution in [0.2, 0.25) is 0 Å². The van der Waals surface area contributed by atoms with Gasteiger partial charge in [0, 0.05) is 31.3 Å². The number of aliphatic imine (C=N–C) groups is 1. The minimum Gasteiger partial charge on any atom is -0.490 e. The maximum Gasteiger partial charge on any atom is 0.196 e. The van der Waals surface area contributed by atoms with Crippen molar-refractivity contribution in [1.82, 2.24) is 20.1 Å². The molecule has 1 aliphatic heterocycles. The second-order valence-corrected chi connectivity index (χ2v) is 7.70. The Bertz CT molecular complexity index is 863. The van der Waals surface area contributed by atoms with E-state index in [9.17, 15) is 0 Å². The highest BCUT2D eigenvalue weighted by Gasteiger charge is 2.16. The number of hydrogen-bond acceptors (Lipinski definition) is 5. The predicted octanol–water partition coefficient (Wildman–Crippen LogP) is 3.79. The van der Waals surface area contributed by atoms with E-state index in [4.69, 9.17) is 14.5 Å². The number of guanidine groups is 1. The van der Waals surface area contributed by atoms with E-state index in [1.54, 1.807) is 0 Å². The molecule has 0 spiro atoms. The van der Waals surface area contributed by atoms with E-state index in [1.807, 2.05) is 36.7 Å². The van der Waals surface area contributed by atoms with E-state index in [2.05, 4.69) is 20.8 Å². The summed E-state index contributed by atoms with van der Waals surface area (Å²) in [6, 6.07) is 6.37. The fourth-order valence-corrected chi connectivity index (χ4v) is 3.68. The number of benzene rings is 1. The molecule has 1 aromatic carbocycles. The summed E-state index contributed by atoms with van der Waals surface area (Å²) in [5.74, 6) is 4.04. The van der Waals surface area contributed by atoms with Gasteiger partial charge in [0.2, 0.25) is 0 Å². The molecule has 0 saturated heterocycles. The molecular weight excluding hydrogens is 495 g/mol. The Balaban J connectivity index is 0.00000256. The Morgan fingerprint density at radius 3 is 2.60 bits per heavy atom. The van der Waals surface area contributed by atoms with Crippen LogP contribution in [0.4, 0.5) is 5.69 Å². The molecule has 1 fully saturated rings. The lowest BCUT2D eigenvalue weighted by Crippen LogP contribution is -2.40. The van der Waals surface area contributed by atoms with Crippen LogP contribution in [0, 0.1) is 6.92 Å². The zero-order valence-corrected chi connectivity index (χ0v) is 20.0. The molecule has 30 heavy (non-hydrogen) atoms. The molecule has 164 valence electrons. The van der Waals surface area contributed by atoms with Gasteiger partial charge in [0.25, 0.3) is 0 Å². The van der Waals surface area contributed by atoms with Gasteiger partial charge < -0.3 is 24.7 Å². The monoisotopic (exact) mass is 526 g/mol. The van der Waals surface area contributed by atoms with Crippen LogP contribution in [0.15, 0.2) is 23.2 Å². The van der Waals surface area contributed by atoms with Gasteiger partial charge in [0.15, 0.2) is 23.3 Å². The van der Waals surface area contributed by atoms with Crippen molar-refractivity contribution in [2.45, 2.75) is 58.0 Å². The predicted molar refractivity (Wildman–Crippen MR) is 128 cm³/mol. The smallest absolute Gasteiger partial charge is 0.196 e. The average Bonchev–Trinajstić information content (AvgIpc) is 2.93. The van der Waals surface area contributed by atoms with E-state index in [0.29, 0.717) is 25.8 Å². The SMILES string of the molecule is Cc1nnc(CN=C(Nc2ccc3c(c2)OCCCO3)NC2CCCCC2)n1C.I. The van der Waals surface area contributed by atoms with Crippen molar-refractivity contribution in [3.63, 3.8) is 0 Å². The van der Waals surface area contributed by atoms with Crippen LogP contribution in [0.1, 0.15) is 50.2 Å². The van der Waals surface area contributed by atoms with Crippen molar-refractivity contribution in [2.75, 3.05) is 18.5 Å². The highest BCUT2D eigenvalue weighted by Crippen LogP contribution is 2.32. The average molecular weight is 526 g/mol. The van der Waals surface area contributed by atoms with Crippen LogP contribution in [0.3, 0.4) is 0 Å². The number of rotatable bonds is 4. The Hall–Kier alpha value is -2.04. The van der Waals surface area contributed by atoms with Crippen LogP contribution < -0.4 is 20.1 Å². The maximum absolute atomic E-state index is 5.82. The Morgan fingerprint density at radius 1 is 1.10 bits per heavy atom. The quantitative estimate of drug-likeness (QED) is 0.358. The summed E-state index contributed by atoms with van der Waals surface area (Å²) < 4.78 is 13.5. The molecule has 2 heterocycles. The number of halogens is 1. The summed E-state index contributed by atoms with van der Waals surface area (Å²) in [6.45, 7) is 3.76. The topological polar surface area (TPSA) is 85.6 Å². The number of anilines is 1. The molecule has 1 aliphatic carbocycles. The van der Waals surface area contributed by atoms with Crippen molar-refractivity contribution < 1.29 is 9.47 Å². The Kier molecular flexibility index (Phi) is 8.17. The summed E-state index contributed by atoms with van der Waals surface area (Å²) >= 11 is 0. The fraction of sp³-hybridized carbons (Fsp3) is 0.571. The summed E-state index contributed by atoms with van der Waals surface area (Å²) in [5.41, 5.74) is 0.922. The van der Waals surface area contributed by atoms with Crippen LogP contribution in [0.5, 0.6) is 11.5 Å². The molecule has 1 aromatic heterocycles. The van der Waals surface area contributed by atoms with Crippen LogP contribution in [-0.4, -0.2) is 40.0 Å². The van der Waals surface area contributed by atoms with Gasteiger partial charge in [0.05, 0.1) is 13.2 Å². The third-order valence-corrected chi connectivity index (χ3v) is 5.52. The van der Waals surface area contributed by atoms with Crippen molar-refractivity contribution in [3.8, 4) is 11.5 Å². The van der Waals surface area contributed by atoms with E-state index in [1.165, 1.54) is 32.1 Å². The van der Waals surface area contributed by atoms with E-state index in [0.717, 1.165) is 41.2 Å². The zero-order valence-electron chi connectivity index (χ0n) is 17.7. The van der Waals surface area contributed by atoms with Crippen molar-refractivity contribution in [3.05, 3.63) is 29.8 Å². The number of nitrogens with one attached hydrogen (secondary N) is 2. The maximum atomic E-state index is 5.82. The van der Waals surface area contributed by atoms with Gasteiger partial charge in [-0.05, 0) is 31.9 Å². The van der Waals surface area contributed by atoms with Crippen LogP contribution in [-0.2, 0) is 13.6 Å². The van der Waals surface area contributed by atoms with Crippen molar-refractivity contribution in [1.29, 1.82) is 0 Å². The van der Waals surface area contributed by atoms with Gasteiger partial charge in [-0.2, -0.15) is 0 Å². The van der Waals surface area contributed by atoms with Crippen LogP contribution in [0.25, 0.3) is 0 Å². The van der Waals surface area contributed by atoms with E-state index in [-0.39, 0.29) is 24.0 Å². The van der Waals surface area contributed by atoms with Gasteiger partial charge in [0.1, 0.15) is 12.4 Å². The number of aromatic nitrogens is 3. The number of hydrogen-bond donors (Lipinski definition) is 2. The first-order chi connectivity index (χ1) is 14.2. The number of fused-ring (bicyclic) bond motifs is 1. The molecule has 2 aromatic rings. The third kappa shape index (κ3) is 5.77. The standard InChI is InChI=1S/C21H30N6O2.HI/c1-15-25-26-20(27(15)2)14-22-21(23-16-7-4-3-5-8-16)24-17-9-10-18-19(13-17)29-12-6-11-28-18;/h9-10,13,16H,3-8,11-12,14H2,1-2H3,(H2,22,23,24);1H. The first-order valence-corrected chi connectivity index (χ1v) is 10.5. The van der Waals surface area contributed by atoms with Crippen LogP contribution >= 0.6 is 24.0 Å². The molecule has 4 rings (SSSR count). The first-order valence-electron chi connectivity index (χ1n) is 10.5. The van der Waals surface area contributed by atoms with Gasteiger partial charge >= 0.3 is 0 Å². The van der Waals surface area contributed by atoms with Crippen molar-refractivity contribution in [2.24, 2.45) is 12.0 Å². The molecule has 2 N–H and O–H groups in total. The zero-order chi connectivity index (χ0) is 20.1. The molecule has 8 nitrogen and oxygen atoms in total. The molecular formula is C21H31IN6O2. The van der Waals surface area contributed by atoms with Gasteiger partial charge in [-0.15, -0.1) is 34.2 Å². The molecule has 2 aliphatic rings. The lowest BCUT2D eigenvalue weighted by molar-refractivity contribution is 0.297. The Morgan fingerprint density at radius 2 is 1.87 bits per heavy atom. The molecule has 0 atom stereocenters. The third-order valence-electron chi connectivity index (χ3n) is 5.52. The largest absolute Gasteiger partial charge is 0.490 e. The molecule has 0 unspecified atom stereocenters. The van der Waals surface area contributed by atoms with Gasteiger partial charge in [-0.1, -0.05) is 19.3 Å². The summed E-state index contributed by atoms with van der Waals surface area (Å²) in [6.07, 6.45) is 7.08. The van der Waals surface area contributed by atoms with Gasteiger partial charge in [-0.25, -0.2) is 4.99 Å². The minimum absolute atomic E-state index is 0. The second-order valence-electron chi connectivity index (χ2n) is 7.70. The number of nitrogens with zero attached hydrogens (tertiary/aromatic N) is 4. The number of ether oxygens (including phenoxy) is 2. The molecule has 0 bridgehead atoms. The number of aryl methyl sites for hydroxylation is 1. The fourth-order valence-electron chi connectivity index (χ4n) is 3.68. The van der Waals surface area contributed by atoms with E-state index >= 15 is 0 Å². The first kappa shape index (κ1) is 22.6. The van der Waals surface area contributed by atoms with Gasteiger partial charge in [-0.3, -0.25) is 0 Å². The molecule has 0 radical (unpaired) electrons.